The minimum atomic E-state index is -1.50. The van der Waals surface area contributed by atoms with Crippen LogP contribution in [0.4, 0.5) is 0 Å². The fourth-order valence-corrected chi connectivity index (χ4v) is 0. The molecule has 0 aromatic rings. The molecule has 0 amide bonds. The third kappa shape index (κ3) is 162. The third-order valence-corrected chi connectivity index (χ3v) is 0. The lowest BCUT2D eigenvalue weighted by molar-refractivity contribution is -0.742. The fourth-order valence-electron chi connectivity index (χ4n) is 0. The summed E-state index contributed by atoms with van der Waals surface area (Å²) in [6.07, 6.45) is 0. The normalized spacial score (nSPS) is 4.80. The molecule has 0 fully saturated rings. The largest absolute Gasteiger partial charge is 0.344 e. The van der Waals surface area contributed by atoms with E-state index in [0.717, 1.165) is 0 Å². The van der Waals surface area contributed by atoms with Crippen LogP contribution in [0.3, 0.4) is 0 Å². The van der Waals surface area contributed by atoms with E-state index in [9.17, 15) is 0 Å². The van der Waals surface area contributed by atoms with Crippen molar-refractivity contribution >= 4 is 0 Å². The molecule has 0 rings (SSSR count). The summed E-state index contributed by atoms with van der Waals surface area (Å²) in [6.45, 7) is 0. The zero-order valence-electron chi connectivity index (χ0n) is 7.25. The molecule has 15 heavy (non-hydrogen) atoms. The molecule has 12 N–H and O–H groups in total. The van der Waals surface area contributed by atoms with E-state index in [1.165, 1.54) is 0 Å². The molecule has 0 saturated carbocycles. The minimum Gasteiger partial charge on any atom is -0.344 e. The summed E-state index contributed by atoms with van der Waals surface area (Å²) < 4.78 is 0. The Hall–Kier alpha value is -2.52. The van der Waals surface area contributed by atoms with Crippen molar-refractivity contribution in [3.05, 3.63) is 30.3 Å². The van der Waals surface area contributed by atoms with E-state index < -0.39 is 15.3 Å². The van der Waals surface area contributed by atoms with E-state index in [1.807, 2.05) is 0 Å². The van der Waals surface area contributed by atoms with Crippen LogP contribution in [0.1, 0.15) is 0 Å². The van der Waals surface area contributed by atoms with Gasteiger partial charge in [-0.25, -0.2) is 0 Å². The van der Waals surface area contributed by atoms with Gasteiger partial charge in [0.2, 0.25) is 0 Å². The van der Waals surface area contributed by atoms with E-state index in [2.05, 4.69) is 0 Å². The van der Waals surface area contributed by atoms with Crippen LogP contribution < -0.4 is 18.5 Å². The van der Waals surface area contributed by atoms with Crippen LogP contribution >= 0.6 is 0 Å². The number of hydrogen-bond donors (Lipinski definition) is 6. The van der Waals surface area contributed by atoms with Gasteiger partial charge in [0.25, 0.3) is 15.3 Å². The molecule has 0 aromatic heterocycles. The molecule has 0 aliphatic carbocycles. The maximum atomic E-state index is 8.36. The monoisotopic (exact) mass is 240 g/mol. The Bertz CT molecular complexity index is 112. The summed E-state index contributed by atoms with van der Waals surface area (Å²) in [5.41, 5.74) is 0. The molecule has 15 heteroatoms. The SMILES string of the molecule is N.N.N.O=[N+]([O-])O.O=[N+]([O-])O.O=[N+]([O-])O. The van der Waals surface area contributed by atoms with Crippen LogP contribution in [-0.2, 0) is 0 Å². The Morgan fingerprint density at radius 3 is 0.600 bits per heavy atom. The predicted octanol–water partition coefficient (Wildman–Crippen LogP) is -0.557. The second-order valence-electron chi connectivity index (χ2n) is 0.714. The summed E-state index contributed by atoms with van der Waals surface area (Å²) in [5, 5.41) is 40.9. The van der Waals surface area contributed by atoms with Crippen molar-refractivity contribution in [1.82, 2.24) is 18.5 Å². The molecule has 0 atom stereocenters. The molecule has 96 valence electrons. The Balaban J connectivity index is -0.0000000184. The van der Waals surface area contributed by atoms with Crippen LogP contribution in [0.25, 0.3) is 0 Å². The van der Waals surface area contributed by atoms with Crippen molar-refractivity contribution in [2.24, 2.45) is 0 Å². The zero-order chi connectivity index (χ0) is 10.7. The van der Waals surface area contributed by atoms with Gasteiger partial charge >= 0.3 is 0 Å². The number of hydrogen-bond acceptors (Lipinski definition) is 9. The van der Waals surface area contributed by atoms with Crippen molar-refractivity contribution in [2.75, 3.05) is 0 Å². The van der Waals surface area contributed by atoms with Gasteiger partial charge in [-0.3, -0.25) is 0 Å². The molecule has 0 aliphatic rings. The maximum absolute atomic E-state index is 8.36. The van der Waals surface area contributed by atoms with Gasteiger partial charge in [-0.05, 0) is 0 Å². The molecule has 0 unspecified atom stereocenters. The first kappa shape index (κ1) is 39.2. The summed E-state index contributed by atoms with van der Waals surface area (Å²) in [5.74, 6) is 0. The molecule has 0 heterocycles. The average molecular weight is 240 g/mol. The molecular weight excluding hydrogens is 228 g/mol. The van der Waals surface area contributed by atoms with Gasteiger partial charge in [0.15, 0.2) is 0 Å². The van der Waals surface area contributed by atoms with Crippen molar-refractivity contribution in [3.8, 4) is 0 Å². The van der Waals surface area contributed by atoms with Crippen LogP contribution in [0.15, 0.2) is 0 Å². The maximum Gasteiger partial charge on any atom is 0.291 e. The second kappa shape index (κ2) is 30.0. The summed E-state index contributed by atoms with van der Waals surface area (Å²) in [7, 11) is 0. The lowest BCUT2D eigenvalue weighted by Crippen LogP contribution is -1.81. The molecular formula is H12N6O9. The fraction of sp³-hybridized carbons (Fsp3) is 0. The lowest BCUT2D eigenvalue weighted by atomic mass is 13.1. The molecule has 0 aliphatic heterocycles. The topological polar surface area (TPSA) is 295 Å². The van der Waals surface area contributed by atoms with Crippen LogP contribution in [-0.4, -0.2) is 30.9 Å². The van der Waals surface area contributed by atoms with Crippen LogP contribution in [0, 0.1) is 30.3 Å². The van der Waals surface area contributed by atoms with E-state index >= 15 is 0 Å². The Labute approximate surface area is 81.0 Å². The van der Waals surface area contributed by atoms with E-state index in [0.29, 0.717) is 0 Å². The minimum absolute atomic E-state index is 0. The smallest absolute Gasteiger partial charge is 0.291 e. The first-order valence-corrected chi connectivity index (χ1v) is 1.70. The molecule has 0 saturated heterocycles. The van der Waals surface area contributed by atoms with Crippen LogP contribution in [0.5, 0.6) is 0 Å². The van der Waals surface area contributed by atoms with Crippen molar-refractivity contribution in [1.29, 1.82) is 0 Å². The Morgan fingerprint density at radius 2 is 0.600 bits per heavy atom. The van der Waals surface area contributed by atoms with E-state index in [1.54, 1.807) is 0 Å². The van der Waals surface area contributed by atoms with Gasteiger partial charge in [-0.15, -0.1) is 30.3 Å². The van der Waals surface area contributed by atoms with E-state index in [-0.39, 0.29) is 18.5 Å². The highest BCUT2D eigenvalue weighted by Crippen LogP contribution is 1.39. The standard InChI is InChI=1S/3HNO3.3H3N/c3*2-1(3)4;;;/h3*(H,2,3,4);3*1H3. The zero-order valence-corrected chi connectivity index (χ0v) is 7.25. The highest BCUT2D eigenvalue weighted by Gasteiger charge is 1.66. The number of nitrogens with zero attached hydrogens (tertiary/aromatic N) is 3. The Morgan fingerprint density at radius 1 is 0.600 bits per heavy atom. The number of rotatable bonds is 0. The third-order valence-electron chi connectivity index (χ3n) is 0. The summed E-state index contributed by atoms with van der Waals surface area (Å²) in [6, 6.07) is 0. The first-order valence-electron chi connectivity index (χ1n) is 1.70. The van der Waals surface area contributed by atoms with E-state index in [4.69, 9.17) is 46.0 Å². The lowest BCUT2D eigenvalue weighted by Gasteiger charge is -1.56. The molecule has 0 radical (unpaired) electrons. The van der Waals surface area contributed by atoms with Gasteiger partial charge in [0.1, 0.15) is 0 Å². The van der Waals surface area contributed by atoms with Crippen LogP contribution in [0.2, 0.25) is 0 Å². The van der Waals surface area contributed by atoms with Gasteiger partial charge in [0, 0.05) is 0 Å². The van der Waals surface area contributed by atoms with Crippen molar-refractivity contribution in [2.45, 2.75) is 0 Å². The molecule has 0 aromatic carbocycles. The first-order chi connectivity index (χ1) is 5.20. The molecule has 0 spiro atoms. The van der Waals surface area contributed by atoms with Gasteiger partial charge in [0.05, 0.1) is 0 Å². The highest BCUT2D eigenvalue weighted by atomic mass is 16.9. The van der Waals surface area contributed by atoms with Crippen molar-refractivity contribution < 1.29 is 30.9 Å². The summed E-state index contributed by atoms with van der Waals surface area (Å²) >= 11 is 0. The summed E-state index contributed by atoms with van der Waals surface area (Å²) in [4.78, 5) is 25.1. The van der Waals surface area contributed by atoms with Crippen molar-refractivity contribution in [3.63, 3.8) is 0 Å². The Kier molecular flexibility index (Phi) is 78.4. The second-order valence-corrected chi connectivity index (χ2v) is 0.714. The van der Waals surface area contributed by atoms with Gasteiger partial charge in [-0.2, -0.15) is 0 Å². The van der Waals surface area contributed by atoms with Gasteiger partial charge < -0.3 is 34.1 Å². The quantitative estimate of drug-likeness (QED) is 0.229. The van der Waals surface area contributed by atoms with Gasteiger partial charge in [-0.1, -0.05) is 0 Å². The predicted molar refractivity (Wildman–Crippen MR) is 41.4 cm³/mol. The molecule has 0 bridgehead atoms. The average Bonchev–Trinajstić information content (AvgIpc) is 1.54. The molecule has 15 nitrogen and oxygen atoms in total. The highest BCUT2D eigenvalue weighted by molar-refractivity contribution is 3.84.